The zero-order valence-electron chi connectivity index (χ0n) is 26.4. The highest BCUT2D eigenvalue weighted by molar-refractivity contribution is 6.39. The summed E-state index contributed by atoms with van der Waals surface area (Å²) >= 11 is 13.9. The molecule has 0 bridgehead atoms. The number of halogens is 3. The van der Waals surface area contributed by atoms with Gasteiger partial charge in [-0.25, -0.2) is 4.39 Å². The number of fused-ring (bicyclic) bond motifs is 1. The van der Waals surface area contributed by atoms with Crippen LogP contribution in [0.1, 0.15) is 53.5 Å². The molecule has 4 aromatic rings. The zero-order chi connectivity index (χ0) is 33.8. The molecular weight excluding hydrogens is 658 g/mol. The Hall–Kier alpha value is -4.00. The number of hydrogen-bond donors (Lipinski definition) is 5. The molecule has 2 aliphatic rings. The molecule has 48 heavy (non-hydrogen) atoms. The van der Waals surface area contributed by atoms with Gasteiger partial charge < -0.3 is 31.1 Å². The maximum atomic E-state index is 15.5. The van der Waals surface area contributed by atoms with Crippen LogP contribution in [0.5, 0.6) is 5.75 Å². The van der Waals surface area contributed by atoms with Crippen molar-refractivity contribution < 1.29 is 23.8 Å². The van der Waals surface area contributed by atoms with E-state index in [0.717, 1.165) is 25.0 Å². The number of anilines is 1. The van der Waals surface area contributed by atoms with Crippen LogP contribution in [-0.4, -0.2) is 59.5 Å². The highest BCUT2D eigenvalue weighted by Crippen LogP contribution is 2.42. The summed E-state index contributed by atoms with van der Waals surface area (Å²) in [5.41, 5.74) is 4.24. The third-order valence-corrected chi connectivity index (χ3v) is 9.58. The molecule has 6 rings (SSSR count). The molecule has 10 nitrogen and oxygen atoms in total. The Balaban J connectivity index is 1.22. The van der Waals surface area contributed by atoms with E-state index in [1.54, 1.807) is 36.4 Å². The van der Waals surface area contributed by atoms with Gasteiger partial charge in [0.1, 0.15) is 11.6 Å². The summed E-state index contributed by atoms with van der Waals surface area (Å²) in [5.74, 6) is -0.454. The lowest BCUT2D eigenvalue weighted by Crippen LogP contribution is -2.35. The van der Waals surface area contributed by atoms with E-state index in [1.165, 1.54) is 13.2 Å². The summed E-state index contributed by atoms with van der Waals surface area (Å²) in [6.07, 6.45) is 3.05. The van der Waals surface area contributed by atoms with Crippen molar-refractivity contribution in [2.75, 3.05) is 32.1 Å². The fourth-order valence-corrected chi connectivity index (χ4v) is 6.96. The van der Waals surface area contributed by atoms with Gasteiger partial charge in [0.15, 0.2) is 5.69 Å². The molecule has 0 radical (unpaired) electrons. The molecule has 2 amide bonds. The average molecular weight is 696 g/mol. The first-order valence-corrected chi connectivity index (χ1v) is 16.7. The number of carbonyl (C=O) groups excluding carboxylic acids is 2. The smallest absolute Gasteiger partial charge is 0.276 e. The van der Waals surface area contributed by atoms with E-state index < -0.39 is 11.7 Å². The molecule has 1 saturated heterocycles. The number of methoxy groups -OCH3 is 1. The van der Waals surface area contributed by atoms with E-state index in [1.807, 2.05) is 16.8 Å². The first kappa shape index (κ1) is 33.9. The molecular formula is C35H37Cl2FN6O4. The van der Waals surface area contributed by atoms with Crippen molar-refractivity contribution >= 4 is 40.7 Å². The number of nitrogens with one attached hydrogen (secondary N) is 4. The van der Waals surface area contributed by atoms with Gasteiger partial charge in [-0.2, -0.15) is 5.10 Å². The lowest BCUT2D eigenvalue weighted by molar-refractivity contribution is -0.119. The molecule has 0 spiro atoms. The highest BCUT2D eigenvalue weighted by Gasteiger charge is 2.25. The first-order valence-electron chi connectivity index (χ1n) is 15.9. The second kappa shape index (κ2) is 15.0. The Morgan fingerprint density at radius 3 is 2.62 bits per heavy atom. The largest absolute Gasteiger partial charge is 0.496 e. The molecule has 1 fully saturated rings. The number of aromatic nitrogens is 2. The maximum absolute atomic E-state index is 15.5. The molecule has 2 aliphatic heterocycles. The number of ether oxygens (including phenoxy) is 1. The second-order valence-corrected chi connectivity index (χ2v) is 12.7. The summed E-state index contributed by atoms with van der Waals surface area (Å²) in [7, 11) is 1.49. The number of aliphatic hydroxyl groups excluding tert-OH is 1. The fourth-order valence-electron chi connectivity index (χ4n) is 6.35. The third-order valence-electron chi connectivity index (χ3n) is 8.76. The monoisotopic (exact) mass is 694 g/mol. The zero-order valence-corrected chi connectivity index (χ0v) is 27.9. The quantitative estimate of drug-likeness (QED) is 0.129. The molecule has 3 heterocycles. The predicted molar refractivity (Wildman–Crippen MR) is 184 cm³/mol. The molecule has 3 aromatic carbocycles. The van der Waals surface area contributed by atoms with Gasteiger partial charge in [0.05, 0.1) is 35.1 Å². The number of hydrogen-bond acceptors (Lipinski definition) is 7. The lowest BCUT2D eigenvalue weighted by Gasteiger charge is -2.24. The van der Waals surface area contributed by atoms with Crippen molar-refractivity contribution in [3.63, 3.8) is 0 Å². The highest BCUT2D eigenvalue weighted by atomic mass is 35.5. The first-order chi connectivity index (χ1) is 23.3. The average Bonchev–Trinajstić information content (AvgIpc) is 3.72. The molecule has 1 aromatic heterocycles. The molecule has 13 heteroatoms. The third kappa shape index (κ3) is 7.20. The molecule has 5 N–H and O–H groups in total. The van der Waals surface area contributed by atoms with Gasteiger partial charge in [0, 0.05) is 66.9 Å². The number of aliphatic hydroxyl groups is 1. The van der Waals surface area contributed by atoms with Crippen molar-refractivity contribution in [1.82, 2.24) is 25.7 Å². The van der Waals surface area contributed by atoms with Gasteiger partial charge >= 0.3 is 0 Å². The van der Waals surface area contributed by atoms with Crippen LogP contribution in [0.3, 0.4) is 0 Å². The molecule has 252 valence electrons. The minimum Gasteiger partial charge on any atom is -0.496 e. The minimum absolute atomic E-state index is 0.00906. The predicted octanol–water partition coefficient (Wildman–Crippen LogP) is 5.71. The normalized spacial score (nSPS) is 17.2. The molecule has 0 aliphatic carbocycles. The number of benzene rings is 3. The van der Waals surface area contributed by atoms with Crippen molar-refractivity contribution in [2.24, 2.45) is 0 Å². The van der Waals surface area contributed by atoms with Gasteiger partial charge in [-0.3, -0.25) is 14.3 Å². The Morgan fingerprint density at radius 1 is 1.10 bits per heavy atom. The van der Waals surface area contributed by atoms with Crippen LogP contribution < -0.4 is 26.0 Å². The van der Waals surface area contributed by atoms with E-state index in [9.17, 15) is 14.7 Å². The number of aryl methyl sites for hydroxylation is 1. The Labute approximate surface area is 288 Å². The summed E-state index contributed by atoms with van der Waals surface area (Å²) < 4.78 is 22.9. The van der Waals surface area contributed by atoms with Gasteiger partial charge in [-0.15, -0.1) is 0 Å². The van der Waals surface area contributed by atoms with Crippen molar-refractivity contribution in [2.45, 2.75) is 50.9 Å². The number of rotatable bonds is 12. The van der Waals surface area contributed by atoms with Gasteiger partial charge in [0.2, 0.25) is 5.91 Å². The van der Waals surface area contributed by atoms with E-state index in [4.69, 9.17) is 27.9 Å². The van der Waals surface area contributed by atoms with Crippen LogP contribution >= 0.6 is 23.2 Å². The van der Waals surface area contributed by atoms with Crippen molar-refractivity contribution in [3.8, 4) is 28.0 Å². The van der Waals surface area contributed by atoms with Gasteiger partial charge in [0.25, 0.3) is 5.91 Å². The van der Waals surface area contributed by atoms with Crippen LogP contribution in [0.15, 0.2) is 54.6 Å². The summed E-state index contributed by atoms with van der Waals surface area (Å²) in [4.78, 5) is 24.8. The van der Waals surface area contributed by atoms with Crippen molar-refractivity contribution in [3.05, 3.63) is 87.4 Å². The molecule has 2 atom stereocenters. The topological polar surface area (TPSA) is 130 Å². The fraction of sp³-hybridized carbons (Fsp3) is 0.343. The van der Waals surface area contributed by atoms with Crippen LogP contribution in [0.2, 0.25) is 10.0 Å². The Morgan fingerprint density at radius 2 is 1.88 bits per heavy atom. The number of nitrogens with zero attached hydrogens (tertiary/aromatic N) is 2. The maximum Gasteiger partial charge on any atom is 0.276 e. The Kier molecular flexibility index (Phi) is 10.6. The lowest BCUT2D eigenvalue weighted by atomic mass is 9.97. The minimum atomic E-state index is -0.451. The van der Waals surface area contributed by atoms with Gasteiger partial charge in [-0.1, -0.05) is 53.5 Å². The number of amides is 2. The SMILES string of the molecule is COc1cc(-c2cccc(-c3cccc(NC(=O)c4cc5n(n4)CCCC5NCCO)c3Cl)c2Cl)cc(F)c1CNC[C@@H]1CCC(=O)N1. The van der Waals surface area contributed by atoms with Crippen LogP contribution in [-0.2, 0) is 17.9 Å². The standard InChI is InChI=1S/C35H37Cl2FN6O4/c1-48-31-16-20(15-26(38)25(31)19-39-18-21-10-11-32(46)41-21)22-5-2-6-23(33(22)36)24-7-3-8-28(34(24)37)42-35(47)29-17-30-27(40-12-14-45)9-4-13-44(30)43-29/h2-3,5-8,15-17,21,27,39-40,45H,4,9-14,18-19H2,1H3,(H,41,46)(H,42,47)/t21-,27?/m0/s1. The second-order valence-electron chi connectivity index (χ2n) is 11.9. The van der Waals surface area contributed by atoms with E-state index >= 15 is 4.39 Å². The van der Waals surface area contributed by atoms with Crippen LogP contribution in [0.25, 0.3) is 22.3 Å². The van der Waals surface area contributed by atoms with Gasteiger partial charge in [-0.05, 0) is 49.1 Å². The molecule has 1 unspecified atom stereocenters. The number of carbonyl (C=O) groups is 2. The molecule has 0 saturated carbocycles. The summed E-state index contributed by atoms with van der Waals surface area (Å²) in [6.45, 7) is 1.95. The van der Waals surface area contributed by atoms with Crippen LogP contribution in [0, 0.1) is 5.82 Å². The van der Waals surface area contributed by atoms with Crippen LogP contribution in [0.4, 0.5) is 10.1 Å². The van der Waals surface area contributed by atoms with E-state index in [2.05, 4.69) is 26.4 Å². The Bertz CT molecular complexity index is 1830. The summed E-state index contributed by atoms with van der Waals surface area (Å²) in [6, 6.07) is 15.7. The van der Waals surface area contributed by atoms with Crippen molar-refractivity contribution in [1.29, 1.82) is 0 Å². The van der Waals surface area contributed by atoms with E-state index in [0.29, 0.717) is 75.4 Å². The summed E-state index contributed by atoms with van der Waals surface area (Å²) in [5, 5.41) is 26.7. The van der Waals surface area contributed by atoms with E-state index in [-0.39, 0.29) is 36.8 Å².